The molecule has 3 N–H and O–H groups in total. The average molecular weight is 280 g/mol. The summed E-state index contributed by atoms with van der Waals surface area (Å²) >= 11 is 0. The van der Waals surface area contributed by atoms with Crippen LogP contribution in [0.2, 0.25) is 0 Å². The fourth-order valence-electron chi connectivity index (χ4n) is 1.42. The van der Waals surface area contributed by atoms with E-state index in [-0.39, 0.29) is 10.1 Å². The van der Waals surface area contributed by atoms with E-state index in [0.29, 0.717) is 11.5 Å². The molecule has 0 bridgehead atoms. The van der Waals surface area contributed by atoms with Gasteiger partial charge in [0, 0.05) is 0 Å². The molecule has 2 aromatic carbocycles. The fourth-order valence-corrected chi connectivity index (χ4v) is 1.81. The zero-order valence-electron chi connectivity index (χ0n) is 9.80. The van der Waals surface area contributed by atoms with Crippen LogP contribution in [-0.2, 0) is 10.3 Å². The molecule has 0 unspecified atom stereocenters. The number of benzene rings is 2. The number of nitrogens with zero attached hydrogens (tertiary/aromatic N) is 1. The molecule has 2 aromatic rings. The number of nitrogens with two attached hydrogens (primary N) is 1. The minimum absolute atomic E-state index is 0.128. The lowest BCUT2D eigenvalue weighted by Gasteiger charge is -2.14. The van der Waals surface area contributed by atoms with Gasteiger partial charge in [0.15, 0.2) is 0 Å². The van der Waals surface area contributed by atoms with Crippen LogP contribution < -0.4 is 15.0 Å². The number of hydrogen-bond acceptors (Lipinski definition) is 4. The zero-order chi connectivity index (χ0) is 13.9. The van der Waals surface area contributed by atoms with Gasteiger partial charge in [0.25, 0.3) is 0 Å². The summed E-state index contributed by atoms with van der Waals surface area (Å²) in [6.45, 7) is 0. The van der Waals surface area contributed by atoms with Crippen molar-refractivity contribution in [2.75, 3.05) is 4.41 Å². The van der Waals surface area contributed by atoms with Crippen molar-refractivity contribution in [1.29, 1.82) is 0 Å². The standard InChI is InChI=1S/C12H12N2O4S/c13-14(19(15,16)17)10-6-8-12(9-7-10)18-11-4-2-1-3-5-11/h1-9H,13H2,(H,15,16,17). The Labute approximate surface area is 110 Å². The summed E-state index contributed by atoms with van der Waals surface area (Å²) < 4.78 is 36.3. The molecule has 0 aromatic heterocycles. The Morgan fingerprint density at radius 3 is 2.00 bits per heavy atom. The van der Waals surface area contributed by atoms with Gasteiger partial charge in [0.1, 0.15) is 11.5 Å². The quantitative estimate of drug-likeness (QED) is 0.507. The zero-order valence-corrected chi connectivity index (χ0v) is 10.6. The molecular formula is C12H12N2O4S. The first-order chi connectivity index (χ1) is 8.97. The summed E-state index contributed by atoms with van der Waals surface area (Å²) in [4.78, 5) is 0. The third-order valence-electron chi connectivity index (χ3n) is 2.32. The van der Waals surface area contributed by atoms with Crippen LogP contribution in [0.4, 0.5) is 5.69 Å². The molecule has 7 heteroatoms. The second kappa shape index (κ2) is 5.27. The number of ether oxygens (including phenoxy) is 1. The summed E-state index contributed by atoms with van der Waals surface area (Å²) in [5, 5.41) is 0. The van der Waals surface area contributed by atoms with Crippen molar-refractivity contribution in [3.63, 3.8) is 0 Å². The van der Waals surface area contributed by atoms with Gasteiger partial charge in [-0.3, -0.25) is 4.55 Å². The Hall–Kier alpha value is -2.09. The summed E-state index contributed by atoms with van der Waals surface area (Å²) in [6.07, 6.45) is 0. The Morgan fingerprint density at radius 1 is 0.947 bits per heavy atom. The molecule has 0 aliphatic heterocycles. The van der Waals surface area contributed by atoms with E-state index in [1.807, 2.05) is 18.2 Å². The Balaban J connectivity index is 2.15. The summed E-state index contributed by atoms with van der Waals surface area (Å²) in [7, 11) is -4.46. The molecule has 0 radical (unpaired) electrons. The molecule has 0 heterocycles. The predicted molar refractivity (Wildman–Crippen MR) is 71.2 cm³/mol. The molecule has 0 saturated heterocycles. The van der Waals surface area contributed by atoms with Crippen molar-refractivity contribution in [3.05, 3.63) is 54.6 Å². The van der Waals surface area contributed by atoms with Crippen LogP contribution in [0.15, 0.2) is 54.6 Å². The molecule has 6 nitrogen and oxygen atoms in total. The molecule has 0 saturated carbocycles. The van der Waals surface area contributed by atoms with Crippen molar-refractivity contribution >= 4 is 16.0 Å². The van der Waals surface area contributed by atoms with Crippen molar-refractivity contribution in [1.82, 2.24) is 0 Å². The van der Waals surface area contributed by atoms with Crippen LogP contribution >= 0.6 is 0 Å². The minimum Gasteiger partial charge on any atom is -0.457 e. The highest BCUT2D eigenvalue weighted by atomic mass is 32.2. The molecule has 0 spiro atoms. The Morgan fingerprint density at radius 2 is 1.47 bits per heavy atom. The molecule has 0 atom stereocenters. The van der Waals surface area contributed by atoms with E-state index in [1.165, 1.54) is 12.1 Å². The highest BCUT2D eigenvalue weighted by molar-refractivity contribution is 7.87. The van der Waals surface area contributed by atoms with Gasteiger partial charge >= 0.3 is 10.3 Å². The first kappa shape index (κ1) is 13.3. The molecule has 0 amide bonds. The van der Waals surface area contributed by atoms with Gasteiger partial charge in [0.2, 0.25) is 0 Å². The molecule has 0 aliphatic rings. The number of hydrazine groups is 1. The van der Waals surface area contributed by atoms with Crippen LogP contribution in [-0.4, -0.2) is 13.0 Å². The Bertz CT molecular complexity index is 641. The SMILES string of the molecule is NN(c1ccc(Oc2ccccc2)cc1)S(=O)(=O)O. The maximum atomic E-state index is 10.8. The van der Waals surface area contributed by atoms with E-state index < -0.39 is 10.3 Å². The molecule has 19 heavy (non-hydrogen) atoms. The lowest BCUT2D eigenvalue weighted by Crippen LogP contribution is -2.36. The molecule has 100 valence electrons. The maximum absolute atomic E-state index is 10.8. The van der Waals surface area contributed by atoms with Gasteiger partial charge in [-0.25, -0.2) is 5.84 Å². The fraction of sp³-hybridized carbons (Fsp3) is 0. The van der Waals surface area contributed by atoms with Crippen LogP contribution in [0, 0.1) is 0 Å². The normalized spacial score (nSPS) is 11.1. The lowest BCUT2D eigenvalue weighted by atomic mass is 10.3. The molecular weight excluding hydrogens is 268 g/mol. The first-order valence-corrected chi connectivity index (χ1v) is 6.72. The second-order valence-corrected chi connectivity index (χ2v) is 4.97. The first-order valence-electron chi connectivity index (χ1n) is 5.32. The van der Waals surface area contributed by atoms with Gasteiger partial charge < -0.3 is 4.74 Å². The second-order valence-electron chi connectivity index (χ2n) is 3.68. The van der Waals surface area contributed by atoms with Gasteiger partial charge in [-0.1, -0.05) is 18.2 Å². The van der Waals surface area contributed by atoms with E-state index in [2.05, 4.69) is 0 Å². The van der Waals surface area contributed by atoms with Crippen LogP contribution in [0.25, 0.3) is 0 Å². The highest BCUT2D eigenvalue weighted by Gasteiger charge is 2.14. The molecule has 0 aliphatic carbocycles. The summed E-state index contributed by atoms with van der Waals surface area (Å²) in [6, 6.07) is 15.1. The lowest BCUT2D eigenvalue weighted by molar-refractivity contribution is 0.477. The number of para-hydroxylation sites is 1. The van der Waals surface area contributed by atoms with Crippen molar-refractivity contribution in [2.45, 2.75) is 0 Å². The monoisotopic (exact) mass is 280 g/mol. The van der Waals surface area contributed by atoms with Crippen LogP contribution in [0.3, 0.4) is 0 Å². The van der Waals surface area contributed by atoms with E-state index in [9.17, 15) is 8.42 Å². The highest BCUT2D eigenvalue weighted by Crippen LogP contribution is 2.23. The van der Waals surface area contributed by atoms with Crippen molar-refractivity contribution in [2.24, 2.45) is 5.84 Å². The minimum atomic E-state index is -4.46. The van der Waals surface area contributed by atoms with E-state index in [4.69, 9.17) is 15.1 Å². The van der Waals surface area contributed by atoms with Gasteiger partial charge in [0.05, 0.1) is 5.69 Å². The van der Waals surface area contributed by atoms with Crippen LogP contribution in [0.5, 0.6) is 11.5 Å². The third kappa shape index (κ3) is 3.44. The van der Waals surface area contributed by atoms with Crippen LogP contribution in [0.1, 0.15) is 0 Å². The smallest absolute Gasteiger partial charge is 0.373 e. The number of rotatable bonds is 4. The van der Waals surface area contributed by atoms with E-state index in [1.54, 1.807) is 24.3 Å². The topological polar surface area (TPSA) is 92.9 Å². The third-order valence-corrected chi connectivity index (χ3v) is 3.03. The molecule has 2 rings (SSSR count). The van der Waals surface area contributed by atoms with Gasteiger partial charge in [-0.2, -0.15) is 12.8 Å². The van der Waals surface area contributed by atoms with Crippen molar-refractivity contribution < 1.29 is 17.7 Å². The van der Waals surface area contributed by atoms with E-state index in [0.717, 1.165) is 0 Å². The number of hydrogen-bond donors (Lipinski definition) is 2. The van der Waals surface area contributed by atoms with Crippen molar-refractivity contribution in [3.8, 4) is 11.5 Å². The average Bonchev–Trinajstić information content (AvgIpc) is 2.39. The maximum Gasteiger partial charge on any atom is 0.373 e. The summed E-state index contributed by atoms with van der Waals surface area (Å²) in [5.74, 6) is 6.42. The number of anilines is 1. The summed E-state index contributed by atoms with van der Waals surface area (Å²) in [5.41, 5.74) is 0.128. The largest absolute Gasteiger partial charge is 0.457 e. The molecule has 0 fully saturated rings. The van der Waals surface area contributed by atoms with E-state index >= 15 is 0 Å². The van der Waals surface area contributed by atoms with Gasteiger partial charge in [-0.05, 0) is 36.4 Å². The predicted octanol–water partition coefficient (Wildman–Crippen LogP) is 1.96. The Kier molecular flexibility index (Phi) is 3.70. The van der Waals surface area contributed by atoms with Gasteiger partial charge in [-0.15, -0.1) is 0 Å².